The summed E-state index contributed by atoms with van der Waals surface area (Å²) in [6.45, 7) is 5.72. The van der Waals surface area contributed by atoms with E-state index in [0.717, 1.165) is 49.6 Å². The van der Waals surface area contributed by atoms with Crippen LogP contribution in [0.25, 0.3) is 32.9 Å². The number of hydrogen-bond acceptors (Lipinski definition) is 7. The Bertz CT molecular complexity index is 1930. The number of carbonyl (C=O) groups is 1. The van der Waals surface area contributed by atoms with E-state index in [1.807, 2.05) is 49.4 Å². The van der Waals surface area contributed by atoms with Crippen molar-refractivity contribution in [2.24, 2.45) is 5.73 Å². The third-order valence-electron chi connectivity index (χ3n) is 8.44. The summed E-state index contributed by atoms with van der Waals surface area (Å²) in [6, 6.07) is 18.5. The first kappa shape index (κ1) is 29.9. The first-order valence-electron chi connectivity index (χ1n) is 14.3. The van der Waals surface area contributed by atoms with Crippen LogP contribution in [0, 0.1) is 6.92 Å². The Balaban J connectivity index is 1.56. The van der Waals surface area contributed by atoms with Crippen molar-refractivity contribution in [2.75, 3.05) is 30.7 Å². The van der Waals surface area contributed by atoms with Crippen molar-refractivity contribution in [2.45, 2.75) is 39.3 Å². The number of aromatic nitrogens is 1. The second kappa shape index (κ2) is 11.1. The molecule has 1 aromatic heterocycles. The third kappa shape index (κ3) is 4.77. The lowest BCUT2D eigenvalue weighted by Crippen LogP contribution is -2.54. The number of anilines is 2. The molecule has 44 heavy (non-hydrogen) atoms. The molecule has 0 saturated heterocycles. The van der Waals surface area contributed by atoms with Gasteiger partial charge in [-0.3, -0.25) is 9.69 Å². The largest absolute Gasteiger partial charge is 0.497 e. The molecule has 5 N–H and O–H groups in total. The second-order valence-corrected chi connectivity index (χ2v) is 12.0. The summed E-state index contributed by atoms with van der Waals surface area (Å²) in [7, 11) is 3.29. The van der Waals surface area contributed by atoms with Gasteiger partial charge in [0.25, 0.3) is 5.91 Å². The molecule has 2 heterocycles. The second-order valence-electron chi connectivity index (χ2n) is 11.6. The molecule has 0 saturated carbocycles. The topological polar surface area (TPSA) is 124 Å². The van der Waals surface area contributed by atoms with Gasteiger partial charge in [-0.25, -0.2) is 0 Å². The summed E-state index contributed by atoms with van der Waals surface area (Å²) >= 11 is 7.08. The maximum absolute atomic E-state index is 13.9. The first-order valence-corrected chi connectivity index (χ1v) is 14.6. The van der Waals surface area contributed by atoms with Crippen LogP contribution in [0.15, 0.2) is 60.7 Å². The van der Waals surface area contributed by atoms with E-state index in [-0.39, 0.29) is 19.2 Å². The monoisotopic (exact) mass is 614 g/mol. The number of rotatable bonds is 7. The summed E-state index contributed by atoms with van der Waals surface area (Å²) in [6.07, 6.45) is -1.25. The number of benzene rings is 4. The molecule has 0 radical (unpaired) electrons. The van der Waals surface area contributed by atoms with Gasteiger partial charge in [-0.1, -0.05) is 35.9 Å². The molecule has 1 amide bonds. The number of carbonyl (C=O) groups excluding carboxylic acids is 1. The Morgan fingerprint density at radius 3 is 2.55 bits per heavy atom. The van der Waals surface area contributed by atoms with Gasteiger partial charge in [0.2, 0.25) is 6.35 Å². The predicted octanol–water partition coefficient (Wildman–Crippen LogP) is 5.99. The van der Waals surface area contributed by atoms with Gasteiger partial charge in [-0.05, 0) is 67.8 Å². The minimum absolute atomic E-state index is 0.0572. The number of H-pyrrole nitrogens is 1. The highest BCUT2D eigenvalue weighted by molar-refractivity contribution is 6.36. The number of amides is 1. The van der Waals surface area contributed by atoms with Crippen molar-refractivity contribution in [3.05, 3.63) is 87.9 Å². The van der Waals surface area contributed by atoms with Crippen molar-refractivity contribution in [1.82, 2.24) is 4.98 Å². The van der Waals surface area contributed by atoms with Crippen LogP contribution in [0.3, 0.4) is 0 Å². The number of hydrogen-bond donors (Lipinski definition) is 4. The average molecular weight is 615 g/mol. The van der Waals surface area contributed by atoms with Gasteiger partial charge in [0.15, 0.2) is 0 Å². The highest BCUT2D eigenvalue weighted by Gasteiger charge is 2.37. The molecule has 0 aliphatic carbocycles. The average Bonchev–Trinajstić information content (AvgIpc) is 3.38. The quantitative estimate of drug-likeness (QED) is 0.166. The molecule has 0 spiro atoms. The molecule has 1 unspecified atom stereocenters. The highest BCUT2D eigenvalue weighted by Crippen LogP contribution is 2.45. The Morgan fingerprint density at radius 1 is 1.07 bits per heavy atom. The van der Waals surface area contributed by atoms with Gasteiger partial charge >= 0.3 is 0 Å². The van der Waals surface area contributed by atoms with E-state index in [0.29, 0.717) is 27.7 Å². The van der Waals surface area contributed by atoms with E-state index < -0.39 is 12.0 Å². The van der Waals surface area contributed by atoms with Crippen LogP contribution in [0.1, 0.15) is 40.9 Å². The molecular formula is C34H35ClN4O5. The molecule has 9 nitrogen and oxygen atoms in total. The Morgan fingerprint density at radius 2 is 1.84 bits per heavy atom. The predicted molar refractivity (Wildman–Crippen MR) is 174 cm³/mol. The molecule has 1 aliphatic heterocycles. The number of halogens is 1. The number of aliphatic hydroxyl groups is 2. The normalized spacial score (nSPS) is 15.4. The minimum atomic E-state index is -1.25. The summed E-state index contributed by atoms with van der Waals surface area (Å²) in [4.78, 5) is 20.4. The van der Waals surface area contributed by atoms with Crippen molar-refractivity contribution in [3.63, 3.8) is 0 Å². The zero-order chi connectivity index (χ0) is 31.5. The van der Waals surface area contributed by atoms with E-state index in [2.05, 4.69) is 4.98 Å². The van der Waals surface area contributed by atoms with Crippen LogP contribution in [-0.2, 0) is 16.9 Å². The maximum atomic E-state index is 13.9. The maximum Gasteiger partial charge on any atom is 0.263 e. The van der Waals surface area contributed by atoms with Crippen LogP contribution in [0.4, 0.5) is 11.4 Å². The Kier molecular flexibility index (Phi) is 7.55. The number of nitrogens with zero attached hydrogens (tertiary/aromatic N) is 2. The van der Waals surface area contributed by atoms with Crippen LogP contribution in [-0.4, -0.2) is 48.3 Å². The third-order valence-corrected chi connectivity index (χ3v) is 8.73. The zero-order valence-corrected chi connectivity index (χ0v) is 26.0. The molecule has 0 fully saturated rings. The molecule has 1 atom stereocenters. The van der Waals surface area contributed by atoms with Gasteiger partial charge in [0, 0.05) is 45.6 Å². The smallest absolute Gasteiger partial charge is 0.263 e. The SMILES string of the molecule is COc1ccc2c(c1)N(C)C(O)N(c1cccc(-c3c(Cl)cc(COCN)c4[nH]c5cc(C(C)(C)O)ccc5c34)c1C)C2=O. The van der Waals surface area contributed by atoms with Crippen LogP contribution in [0.2, 0.25) is 5.02 Å². The fraction of sp³-hybridized carbons (Fsp3) is 0.265. The number of methoxy groups -OCH3 is 1. The van der Waals surface area contributed by atoms with Gasteiger partial charge in [0.05, 0.1) is 48.5 Å². The molecule has 4 aromatic carbocycles. The van der Waals surface area contributed by atoms with Crippen molar-refractivity contribution in [3.8, 4) is 16.9 Å². The molecular weight excluding hydrogens is 580 g/mol. The molecule has 6 rings (SSSR count). The fourth-order valence-corrected chi connectivity index (χ4v) is 6.40. The lowest BCUT2D eigenvalue weighted by Gasteiger charge is -2.41. The highest BCUT2D eigenvalue weighted by atomic mass is 35.5. The number of fused-ring (bicyclic) bond motifs is 4. The van der Waals surface area contributed by atoms with Crippen LogP contribution < -0.4 is 20.3 Å². The molecule has 1 aliphatic rings. The number of aliphatic hydroxyl groups excluding tert-OH is 1. The van der Waals surface area contributed by atoms with E-state index in [9.17, 15) is 15.0 Å². The van der Waals surface area contributed by atoms with E-state index in [1.54, 1.807) is 51.1 Å². The lowest BCUT2D eigenvalue weighted by atomic mass is 9.92. The first-order chi connectivity index (χ1) is 21.0. The van der Waals surface area contributed by atoms with Gasteiger partial charge < -0.3 is 35.3 Å². The van der Waals surface area contributed by atoms with Crippen LogP contribution >= 0.6 is 11.6 Å². The fourth-order valence-electron chi connectivity index (χ4n) is 6.07. The Labute approximate surface area is 260 Å². The molecule has 228 valence electrons. The number of nitrogens with one attached hydrogen (secondary N) is 1. The zero-order valence-electron chi connectivity index (χ0n) is 25.2. The van der Waals surface area contributed by atoms with E-state index in [1.165, 1.54) is 4.90 Å². The summed E-state index contributed by atoms with van der Waals surface area (Å²) < 4.78 is 10.9. The van der Waals surface area contributed by atoms with Gasteiger partial charge in [-0.2, -0.15) is 0 Å². The molecule has 5 aromatic rings. The van der Waals surface area contributed by atoms with Gasteiger partial charge in [0.1, 0.15) is 5.75 Å². The van der Waals surface area contributed by atoms with E-state index in [4.69, 9.17) is 26.8 Å². The minimum Gasteiger partial charge on any atom is -0.497 e. The number of aromatic amines is 1. The summed E-state index contributed by atoms with van der Waals surface area (Å²) in [5, 5.41) is 24.4. The number of nitrogens with two attached hydrogens (primary N) is 1. The van der Waals surface area contributed by atoms with Crippen molar-refractivity contribution in [1.29, 1.82) is 0 Å². The van der Waals surface area contributed by atoms with Gasteiger partial charge in [-0.15, -0.1) is 0 Å². The Hall–Kier alpha value is -4.12. The summed E-state index contributed by atoms with van der Waals surface area (Å²) in [5.74, 6) is 0.264. The number of ether oxygens (including phenoxy) is 2. The lowest BCUT2D eigenvalue weighted by molar-refractivity contribution is 0.0786. The summed E-state index contributed by atoms with van der Waals surface area (Å²) in [5.41, 5.74) is 11.8. The van der Waals surface area contributed by atoms with Crippen LogP contribution in [0.5, 0.6) is 5.75 Å². The molecule has 10 heteroatoms. The standard InChI is InChI=1S/C34H35ClN4O5/c1-18-22(7-6-8-27(18)39-32(40)24-12-10-21(43-5)15-28(24)38(4)33(39)41)29-25(35)13-19(16-44-17-36)31-30(29)23-11-9-20(34(2,3)42)14-26(23)37-31/h6-15,33,37,41-42H,16-17,36H2,1-5H3. The van der Waals surface area contributed by atoms with Crippen molar-refractivity contribution >= 4 is 50.7 Å². The molecule has 0 bridgehead atoms. The van der Waals surface area contributed by atoms with Crippen molar-refractivity contribution < 1.29 is 24.5 Å². The van der Waals surface area contributed by atoms with E-state index >= 15 is 0 Å².